The molecule has 0 aliphatic carbocycles. The zero-order chi connectivity index (χ0) is 26.9. The van der Waals surface area contributed by atoms with Gasteiger partial charge in [-0.2, -0.15) is 0 Å². The summed E-state index contributed by atoms with van der Waals surface area (Å²) in [5, 5.41) is 13.9. The van der Waals surface area contributed by atoms with Crippen molar-refractivity contribution in [2.75, 3.05) is 6.16 Å². The van der Waals surface area contributed by atoms with Crippen LogP contribution in [0.25, 0.3) is 5.57 Å². The molecule has 0 amide bonds. The van der Waals surface area contributed by atoms with E-state index in [9.17, 15) is 5.11 Å². The van der Waals surface area contributed by atoms with Crippen LogP contribution in [0.15, 0.2) is 115 Å². The number of hydrogen-bond acceptors (Lipinski definition) is 1. The maximum absolute atomic E-state index is 11.1. The molecular formula is C34H37Cl2OP. The first-order valence-electron chi connectivity index (χ1n) is 13.6. The number of halogens is 2. The molecule has 198 valence electrons. The zero-order valence-electron chi connectivity index (χ0n) is 22.1. The second-order valence-corrected chi connectivity index (χ2v) is 17.0. The second kappa shape index (κ2) is 13.0. The third-order valence-electron chi connectivity index (χ3n) is 7.31. The molecule has 0 fully saturated rings. The van der Waals surface area contributed by atoms with Gasteiger partial charge >= 0.3 is 239 Å². The Hall–Kier alpha value is -2.57. The standard InChI is InChI=1S/C34H37Cl2OP/c1-2-3-4-5-6-16-25-38(36,30-19-12-8-13-20-30,31-21-14-9-15-22-31)27-33(28-17-10-7-11-18-28)32-26-29(35)23-24-34(32)37/h7-15,17-24,26-27,37H,2-6,16,25H2,1H3/b33-27-. The minimum atomic E-state index is -3.45. The van der Waals surface area contributed by atoms with E-state index < -0.39 is 5.96 Å². The van der Waals surface area contributed by atoms with Crippen LogP contribution in [0, 0.1) is 0 Å². The summed E-state index contributed by atoms with van der Waals surface area (Å²) in [6.45, 7) is 2.25. The van der Waals surface area contributed by atoms with Gasteiger partial charge in [0.15, 0.2) is 0 Å². The van der Waals surface area contributed by atoms with Crippen LogP contribution in [0.4, 0.5) is 0 Å². The number of hydrogen-bond donors (Lipinski definition) is 1. The van der Waals surface area contributed by atoms with Crippen LogP contribution in [-0.4, -0.2) is 11.3 Å². The van der Waals surface area contributed by atoms with Gasteiger partial charge in [-0.15, -0.1) is 0 Å². The Balaban J connectivity index is 2.00. The predicted molar refractivity (Wildman–Crippen MR) is 170 cm³/mol. The Morgan fingerprint density at radius 2 is 1.24 bits per heavy atom. The summed E-state index contributed by atoms with van der Waals surface area (Å²) in [5.41, 5.74) is 2.58. The summed E-state index contributed by atoms with van der Waals surface area (Å²) in [5.74, 6) is -0.968. The van der Waals surface area contributed by atoms with E-state index in [-0.39, 0.29) is 5.75 Å². The molecule has 0 aromatic heterocycles. The molecule has 1 nitrogen and oxygen atoms in total. The van der Waals surface area contributed by atoms with E-state index in [1.54, 1.807) is 12.1 Å². The summed E-state index contributed by atoms with van der Waals surface area (Å²) in [6, 6.07) is 36.5. The van der Waals surface area contributed by atoms with Crippen molar-refractivity contribution in [1.29, 1.82) is 0 Å². The van der Waals surface area contributed by atoms with Gasteiger partial charge in [-0.25, -0.2) is 0 Å². The van der Waals surface area contributed by atoms with Gasteiger partial charge in [0, 0.05) is 0 Å². The third kappa shape index (κ3) is 6.35. The van der Waals surface area contributed by atoms with Crippen molar-refractivity contribution in [3.05, 3.63) is 131 Å². The normalized spacial score (nSPS) is 13.1. The van der Waals surface area contributed by atoms with Crippen molar-refractivity contribution >= 4 is 45.0 Å². The van der Waals surface area contributed by atoms with E-state index in [0.29, 0.717) is 10.6 Å². The Morgan fingerprint density at radius 3 is 1.82 bits per heavy atom. The first kappa shape index (κ1) is 28.4. The van der Waals surface area contributed by atoms with E-state index in [4.69, 9.17) is 22.8 Å². The van der Waals surface area contributed by atoms with Crippen molar-refractivity contribution in [1.82, 2.24) is 0 Å². The molecule has 0 atom stereocenters. The van der Waals surface area contributed by atoms with Crippen LogP contribution >= 0.6 is 28.8 Å². The van der Waals surface area contributed by atoms with E-state index >= 15 is 0 Å². The van der Waals surface area contributed by atoms with Gasteiger partial charge in [0.05, 0.1) is 0 Å². The summed E-state index contributed by atoms with van der Waals surface area (Å²) in [6.07, 6.45) is 7.97. The number of aromatic hydroxyl groups is 1. The van der Waals surface area contributed by atoms with E-state index in [2.05, 4.69) is 73.4 Å². The number of rotatable bonds is 12. The van der Waals surface area contributed by atoms with E-state index in [1.165, 1.54) is 25.7 Å². The summed E-state index contributed by atoms with van der Waals surface area (Å²) in [7, 11) is 0. The quantitative estimate of drug-likeness (QED) is 0.134. The van der Waals surface area contributed by atoms with Crippen molar-refractivity contribution in [3.63, 3.8) is 0 Å². The van der Waals surface area contributed by atoms with Crippen LogP contribution in [-0.2, 0) is 0 Å². The Morgan fingerprint density at radius 1 is 0.711 bits per heavy atom. The second-order valence-electron chi connectivity index (χ2n) is 9.99. The van der Waals surface area contributed by atoms with Crippen LogP contribution < -0.4 is 10.6 Å². The topological polar surface area (TPSA) is 20.2 Å². The predicted octanol–water partition coefficient (Wildman–Crippen LogP) is 10.2. The number of benzene rings is 4. The Bertz CT molecular complexity index is 1300. The van der Waals surface area contributed by atoms with Gasteiger partial charge in [-0.05, 0) is 0 Å². The molecule has 0 bridgehead atoms. The molecule has 4 rings (SSSR count). The zero-order valence-corrected chi connectivity index (χ0v) is 24.5. The molecule has 0 heterocycles. The fraction of sp³-hybridized carbons (Fsp3) is 0.235. The number of phenolic OH excluding ortho intramolecular Hbond substituents is 1. The molecule has 4 aromatic carbocycles. The fourth-order valence-corrected chi connectivity index (χ4v) is 11.3. The molecule has 0 saturated carbocycles. The van der Waals surface area contributed by atoms with Crippen molar-refractivity contribution in [2.24, 2.45) is 0 Å². The van der Waals surface area contributed by atoms with Crippen molar-refractivity contribution in [3.8, 4) is 5.75 Å². The van der Waals surface area contributed by atoms with Crippen LogP contribution in [0.1, 0.15) is 56.6 Å². The van der Waals surface area contributed by atoms with Crippen molar-refractivity contribution in [2.45, 2.75) is 45.4 Å². The summed E-state index contributed by atoms with van der Waals surface area (Å²) in [4.78, 5) is 0. The molecule has 38 heavy (non-hydrogen) atoms. The van der Waals surface area contributed by atoms with Gasteiger partial charge in [-0.1, -0.05) is 0 Å². The third-order valence-corrected chi connectivity index (χ3v) is 14.3. The molecule has 4 aromatic rings. The summed E-state index contributed by atoms with van der Waals surface area (Å²) >= 11 is 14.8. The monoisotopic (exact) mass is 562 g/mol. The molecule has 4 heteroatoms. The van der Waals surface area contributed by atoms with Crippen LogP contribution in [0.3, 0.4) is 0 Å². The first-order chi connectivity index (χ1) is 18.4. The Kier molecular flexibility index (Phi) is 9.72. The molecule has 0 radical (unpaired) electrons. The Labute approximate surface area is 237 Å². The molecule has 0 aliphatic heterocycles. The molecule has 0 saturated heterocycles. The average molecular weight is 564 g/mol. The molecule has 0 spiro atoms. The number of phenols is 1. The molecular weight excluding hydrogens is 526 g/mol. The van der Waals surface area contributed by atoms with Crippen molar-refractivity contribution < 1.29 is 5.11 Å². The van der Waals surface area contributed by atoms with Crippen LogP contribution in [0.2, 0.25) is 5.02 Å². The number of unbranched alkanes of at least 4 members (excludes halogenated alkanes) is 5. The molecule has 1 N–H and O–H groups in total. The minimum absolute atomic E-state index is 0.187. The summed E-state index contributed by atoms with van der Waals surface area (Å²) < 4.78 is 0. The van der Waals surface area contributed by atoms with Gasteiger partial charge < -0.3 is 0 Å². The van der Waals surface area contributed by atoms with E-state index in [1.807, 2.05) is 36.4 Å². The van der Waals surface area contributed by atoms with Gasteiger partial charge in [0.1, 0.15) is 0 Å². The maximum atomic E-state index is 11.1. The van der Waals surface area contributed by atoms with E-state index in [0.717, 1.165) is 40.7 Å². The van der Waals surface area contributed by atoms with Gasteiger partial charge in [0.2, 0.25) is 0 Å². The first-order valence-corrected chi connectivity index (χ1v) is 17.3. The average Bonchev–Trinajstić information content (AvgIpc) is 2.97. The van der Waals surface area contributed by atoms with Gasteiger partial charge in [-0.3, -0.25) is 0 Å². The fourth-order valence-electron chi connectivity index (χ4n) is 5.23. The molecule has 0 unspecified atom stereocenters. The SMILES string of the molecule is CCCCCCCCP(Cl)(/C=C(/c1ccccc1)c1cc(Cl)ccc1O)(c1ccccc1)c1ccccc1. The molecule has 0 aliphatic rings. The van der Waals surface area contributed by atoms with Crippen LogP contribution in [0.5, 0.6) is 5.75 Å². The van der Waals surface area contributed by atoms with Gasteiger partial charge in [0.25, 0.3) is 0 Å².